The summed E-state index contributed by atoms with van der Waals surface area (Å²) in [7, 11) is 0. The number of anilines is 1. The Bertz CT molecular complexity index is 1210. The maximum Gasteiger partial charge on any atom is 0.292 e. The SMILES string of the molecule is Cc1ccc(-c2c(NC(=O)c3ccco3)n(-c3ccccc3)nc(C)c2=O)cc1. The van der Waals surface area contributed by atoms with Gasteiger partial charge in [-0.05, 0) is 43.7 Å². The van der Waals surface area contributed by atoms with Crippen LogP contribution in [0.4, 0.5) is 5.82 Å². The molecule has 4 aromatic rings. The number of aryl methyl sites for hydroxylation is 2. The number of rotatable bonds is 4. The number of para-hydroxylation sites is 1. The van der Waals surface area contributed by atoms with Crippen molar-refractivity contribution in [3.63, 3.8) is 0 Å². The van der Waals surface area contributed by atoms with Crippen molar-refractivity contribution in [3.05, 3.63) is 100 Å². The van der Waals surface area contributed by atoms with E-state index in [9.17, 15) is 9.59 Å². The molecule has 0 bridgehead atoms. The summed E-state index contributed by atoms with van der Waals surface area (Å²) < 4.78 is 6.78. The van der Waals surface area contributed by atoms with Crippen LogP contribution in [-0.4, -0.2) is 15.7 Å². The summed E-state index contributed by atoms with van der Waals surface area (Å²) in [4.78, 5) is 25.8. The van der Waals surface area contributed by atoms with Crippen molar-refractivity contribution >= 4 is 11.7 Å². The molecule has 0 radical (unpaired) electrons. The van der Waals surface area contributed by atoms with Crippen LogP contribution in [0.25, 0.3) is 16.8 Å². The van der Waals surface area contributed by atoms with Crippen LogP contribution in [0.5, 0.6) is 0 Å². The second kappa shape index (κ2) is 7.59. The van der Waals surface area contributed by atoms with Gasteiger partial charge in [-0.2, -0.15) is 5.10 Å². The number of hydrogen-bond donors (Lipinski definition) is 1. The minimum atomic E-state index is -0.460. The highest BCUT2D eigenvalue weighted by atomic mass is 16.3. The number of hydrogen-bond acceptors (Lipinski definition) is 4. The Morgan fingerprint density at radius 3 is 2.34 bits per heavy atom. The van der Waals surface area contributed by atoms with Gasteiger partial charge in [0.25, 0.3) is 5.91 Å². The lowest BCUT2D eigenvalue weighted by molar-refractivity contribution is 0.0996. The number of benzene rings is 2. The number of nitrogens with zero attached hydrogens (tertiary/aromatic N) is 2. The van der Waals surface area contributed by atoms with E-state index in [4.69, 9.17) is 4.42 Å². The molecule has 0 spiro atoms. The Morgan fingerprint density at radius 1 is 0.966 bits per heavy atom. The second-order valence-electron chi connectivity index (χ2n) is 6.68. The first-order chi connectivity index (χ1) is 14.0. The average Bonchev–Trinajstić information content (AvgIpc) is 3.27. The molecule has 0 saturated carbocycles. The molecule has 4 rings (SSSR count). The largest absolute Gasteiger partial charge is 0.459 e. The Balaban J connectivity index is 1.97. The van der Waals surface area contributed by atoms with Crippen molar-refractivity contribution in [3.8, 4) is 16.8 Å². The van der Waals surface area contributed by atoms with Crippen LogP contribution >= 0.6 is 0 Å². The van der Waals surface area contributed by atoms with E-state index in [-0.39, 0.29) is 17.0 Å². The highest BCUT2D eigenvalue weighted by molar-refractivity contribution is 6.04. The van der Waals surface area contributed by atoms with Gasteiger partial charge >= 0.3 is 0 Å². The molecule has 0 aliphatic rings. The zero-order valence-corrected chi connectivity index (χ0v) is 16.0. The quantitative estimate of drug-likeness (QED) is 0.566. The van der Waals surface area contributed by atoms with Gasteiger partial charge in [-0.25, -0.2) is 4.68 Å². The highest BCUT2D eigenvalue weighted by Crippen LogP contribution is 2.28. The van der Waals surface area contributed by atoms with Crippen molar-refractivity contribution in [1.29, 1.82) is 0 Å². The van der Waals surface area contributed by atoms with Crippen LogP contribution in [0.3, 0.4) is 0 Å². The normalized spacial score (nSPS) is 10.7. The first-order valence-electron chi connectivity index (χ1n) is 9.16. The third-order valence-electron chi connectivity index (χ3n) is 4.57. The summed E-state index contributed by atoms with van der Waals surface area (Å²) in [5, 5.41) is 7.27. The standard InChI is InChI=1S/C23H19N3O3/c1-15-10-12-17(13-11-15)20-21(27)16(2)25-26(18-7-4-3-5-8-18)22(20)24-23(28)19-9-6-14-29-19/h3-14H,1-2H3,(H,24,28). The fourth-order valence-electron chi connectivity index (χ4n) is 3.08. The van der Waals surface area contributed by atoms with Gasteiger partial charge in [-0.3, -0.25) is 9.59 Å². The van der Waals surface area contributed by atoms with E-state index >= 15 is 0 Å². The molecule has 0 fully saturated rings. The van der Waals surface area contributed by atoms with E-state index in [0.717, 1.165) is 11.3 Å². The molecule has 144 valence electrons. The molecule has 1 N–H and O–H groups in total. The van der Waals surface area contributed by atoms with E-state index < -0.39 is 5.91 Å². The van der Waals surface area contributed by atoms with E-state index in [1.165, 1.54) is 6.26 Å². The molecule has 2 aromatic carbocycles. The van der Waals surface area contributed by atoms with Crippen molar-refractivity contribution < 1.29 is 9.21 Å². The number of carbonyl (C=O) groups is 1. The predicted molar refractivity (Wildman–Crippen MR) is 111 cm³/mol. The molecule has 29 heavy (non-hydrogen) atoms. The molecule has 0 atom stereocenters. The topological polar surface area (TPSA) is 77.1 Å². The lowest BCUT2D eigenvalue weighted by Gasteiger charge is -2.18. The minimum absolute atomic E-state index is 0.146. The molecule has 0 aliphatic carbocycles. The summed E-state index contributed by atoms with van der Waals surface area (Å²) >= 11 is 0. The lowest BCUT2D eigenvalue weighted by Crippen LogP contribution is -2.24. The molecule has 2 aromatic heterocycles. The second-order valence-corrected chi connectivity index (χ2v) is 6.68. The van der Waals surface area contributed by atoms with Gasteiger partial charge in [0.2, 0.25) is 5.43 Å². The van der Waals surface area contributed by atoms with Crippen LogP contribution in [-0.2, 0) is 0 Å². The van der Waals surface area contributed by atoms with Gasteiger partial charge in [-0.15, -0.1) is 0 Å². The molecule has 0 saturated heterocycles. The average molecular weight is 385 g/mol. The van der Waals surface area contributed by atoms with Crippen molar-refractivity contribution in [2.45, 2.75) is 13.8 Å². The molecular weight excluding hydrogens is 366 g/mol. The predicted octanol–water partition coefficient (Wildman–Crippen LogP) is 4.36. The van der Waals surface area contributed by atoms with Gasteiger partial charge in [0.1, 0.15) is 11.5 Å². The molecule has 0 aliphatic heterocycles. The van der Waals surface area contributed by atoms with E-state index in [0.29, 0.717) is 16.8 Å². The maximum atomic E-state index is 13.1. The first kappa shape index (κ1) is 18.4. The van der Waals surface area contributed by atoms with E-state index in [1.807, 2.05) is 61.5 Å². The zero-order chi connectivity index (χ0) is 20.4. The lowest BCUT2D eigenvalue weighted by atomic mass is 10.0. The number of nitrogens with one attached hydrogen (secondary N) is 1. The highest BCUT2D eigenvalue weighted by Gasteiger charge is 2.21. The fraction of sp³-hybridized carbons (Fsp3) is 0.0870. The monoisotopic (exact) mass is 385 g/mol. The van der Waals surface area contributed by atoms with Crippen LogP contribution in [0.15, 0.2) is 82.2 Å². The molecule has 1 amide bonds. The Kier molecular flexibility index (Phi) is 4.83. The van der Waals surface area contributed by atoms with Crippen LogP contribution < -0.4 is 10.7 Å². The third kappa shape index (κ3) is 3.60. The van der Waals surface area contributed by atoms with Crippen molar-refractivity contribution in [2.75, 3.05) is 5.32 Å². The Morgan fingerprint density at radius 2 is 1.69 bits per heavy atom. The number of carbonyl (C=O) groups excluding carboxylic acids is 1. The number of furan rings is 1. The summed E-state index contributed by atoms with van der Waals surface area (Å²) in [6, 6.07) is 20.1. The maximum absolute atomic E-state index is 13.1. The van der Waals surface area contributed by atoms with Gasteiger partial charge in [-0.1, -0.05) is 48.0 Å². The van der Waals surface area contributed by atoms with Crippen LogP contribution in [0.1, 0.15) is 21.8 Å². The number of aromatic nitrogens is 2. The van der Waals surface area contributed by atoms with Crippen molar-refractivity contribution in [2.24, 2.45) is 0 Å². The minimum Gasteiger partial charge on any atom is -0.459 e. The molecule has 2 heterocycles. The summed E-state index contributed by atoms with van der Waals surface area (Å²) in [6.45, 7) is 3.64. The summed E-state index contributed by atoms with van der Waals surface area (Å²) in [5.74, 6) is -0.0253. The molecule has 6 heteroatoms. The van der Waals surface area contributed by atoms with Crippen molar-refractivity contribution in [1.82, 2.24) is 9.78 Å². The van der Waals surface area contributed by atoms with Gasteiger partial charge in [0, 0.05) is 0 Å². The van der Waals surface area contributed by atoms with Crippen LogP contribution in [0.2, 0.25) is 0 Å². The Hall–Kier alpha value is -3.93. The van der Waals surface area contributed by atoms with Gasteiger partial charge in [0.15, 0.2) is 5.76 Å². The van der Waals surface area contributed by atoms with Crippen LogP contribution in [0, 0.1) is 13.8 Å². The van der Waals surface area contributed by atoms with Gasteiger partial charge in [0.05, 0.1) is 17.5 Å². The zero-order valence-electron chi connectivity index (χ0n) is 16.0. The summed E-state index contributed by atoms with van der Waals surface area (Å²) in [5.41, 5.74) is 2.96. The molecular formula is C23H19N3O3. The number of amides is 1. The third-order valence-corrected chi connectivity index (χ3v) is 4.57. The Labute approximate surface area is 167 Å². The molecule has 0 unspecified atom stereocenters. The smallest absolute Gasteiger partial charge is 0.292 e. The van der Waals surface area contributed by atoms with E-state index in [1.54, 1.807) is 23.7 Å². The van der Waals surface area contributed by atoms with E-state index in [2.05, 4.69) is 10.4 Å². The fourth-order valence-corrected chi connectivity index (χ4v) is 3.08. The first-order valence-corrected chi connectivity index (χ1v) is 9.16. The van der Waals surface area contributed by atoms with Gasteiger partial charge < -0.3 is 9.73 Å². The summed E-state index contributed by atoms with van der Waals surface area (Å²) in [6.07, 6.45) is 1.42. The molecule has 6 nitrogen and oxygen atoms in total.